The molecular weight excluding hydrogens is 226 g/mol. The average Bonchev–Trinajstić information content (AvgIpc) is 2.52. The fourth-order valence-electron chi connectivity index (χ4n) is 1.65. The molecule has 16 heavy (non-hydrogen) atoms. The third-order valence-corrected chi connectivity index (χ3v) is 2.73. The number of amides is 1. The maximum absolute atomic E-state index is 10.6. The zero-order valence-electron chi connectivity index (χ0n) is 9.12. The first kappa shape index (κ1) is 11.0. The lowest BCUT2D eigenvalue weighted by Gasteiger charge is -2.01. The van der Waals surface area contributed by atoms with E-state index in [1.54, 1.807) is 0 Å². The highest BCUT2D eigenvalue weighted by molar-refractivity contribution is 6.62. The summed E-state index contributed by atoms with van der Waals surface area (Å²) in [6, 6.07) is 5.90. The number of hydrogen-bond donors (Lipinski definition) is 1. The van der Waals surface area contributed by atoms with Gasteiger partial charge in [0.05, 0.1) is 11.0 Å². The molecule has 0 radical (unpaired) electrons. The highest BCUT2D eigenvalue weighted by Crippen LogP contribution is 2.16. The van der Waals surface area contributed by atoms with Gasteiger partial charge in [-0.2, -0.15) is 0 Å². The van der Waals surface area contributed by atoms with Crippen LogP contribution in [0.2, 0.25) is 0 Å². The standard InChI is InChI=1S/C11H12ClN3O/c1-7-14-9-5-8(6-13-11(12)16)3-4-10(9)15(7)2/h3-5H,6H2,1-2H3,(H,13,16). The second-order valence-electron chi connectivity index (χ2n) is 3.67. The molecule has 0 aliphatic carbocycles. The molecule has 1 heterocycles. The molecule has 0 unspecified atom stereocenters. The van der Waals surface area contributed by atoms with Gasteiger partial charge < -0.3 is 9.88 Å². The molecule has 4 nitrogen and oxygen atoms in total. The molecule has 0 aliphatic rings. The van der Waals surface area contributed by atoms with Gasteiger partial charge in [0.15, 0.2) is 0 Å². The molecule has 0 atom stereocenters. The van der Waals surface area contributed by atoms with Crippen LogP contribution >= 0.6 is 11.6 Å². The van der Waals surface area contributed by atoms with E-state index in [1.165, 1.54) is 0 Å². The van der Waals surface area contributed by atoms with Gasteiger partial charge in [-0.1, -0.05) is 6.07 Å². The van der Waals surface area contributed by atoms with E-state index in [0.29, 0.717) is 6.54 Å². The molecule has 0 aliphatic heterocycles. The summed E-state index contributed by atoms with van der Waals surface area (Å²) in [7, 11) is 1.98. The van der Waals surface area contributed by atoms with Crippen molar-refractivity contribution in [2.24, 2.45) is 7.05 Å². The fourth-order valence-corrected chi connectivity index (χ4v) is 1.71. The summed E-state index contributed by atoms with van der Waals surface area (Å²) in [5, 5.41) is 2.00. The van der Waals surface area contributed by atoms with Crippen molar-refractivity contribution in [2.45, 2.75) is 13.5 Å². The smallest absolute Gasteiger partial charge is 0.314 e. The highest BCUT2D eigenvalue weighted by Gasteiger charge is 2.04. The first-order valence-corrected chi connectivity index (χ1v) is 5.31. The number of imidazole rings is 1. The van der Waals surface area contributed by atoms with Crippen LogP contribution in [0.15, 0.2) is 18.2 Å². The third-order valence-electron chi connectivity index (χ3n) is 2.60. The van der Waals surface area contributed by atoms with E-state index in [-0.39, 0.29) is 0 Å². The Balaban J connectivity index is 2.33. The van der Waals surface area contributed by atoms with Crippen molar-refractivity contribution in [1.82, 2.24) is 14.9 Å². The highest BCUT2D eigenvalue weighted by atomic mass is 35.5. The number of aromatic nitrogens is 2. The topological polar surface area (TPSA) is 46.9 Å². The molecule has 1 N–H and O–H groups in total. The second kappa shape index (κ2) is 4.14. The summed E-state index contributed by atoms with van der Waals surface area (Å²) in [6.45, 7) is 2.38. The van der Waals surface area contributed by atoms with Crippen molar-refractivity contribution < 1.29 is 4.79 Å². The van der Waals surface area contributed by atoms with E-state index < -0.39 is 5.37 Å². The minimum atomic E-state index is -0.544. The largest absolute Gasteiger partial charge is 0.339 e. The molecule has 0 bridgehead atoms. The van der Waals surface area contributed by atoms with Crippen LogP contribution in [0, 0.1) is 6.92 Å². The predicted octanol–water partition coefficient (Wildman–Crippen LogP) is 2.33. The van der Waals surface area contributed by atoms with Gasteiger partial charge in [-0.15, -0.1) is 0 Å². The van der Waals surface area contributed by atoms with Crippen LogP contribution in [0.25, 0.3) is 11.0 Å². The van der Waals surface area contributed by atoms with Crippen LogP contribution in [-0.4, -0.2) is 14.9 Å². The fraction of sp³-hybridized carbons (Fsp3) is 0.273. The number of halogens is 1. The zero-order chi connectivity index (χ0) is 11.7. The third kappa shape index (κ3) is 2.02. The van der Waals surface area contributed by atoms with Gasteiger partial charge in [-0.3, -0.25) is 4.79 Å². The van der Waals surface area contributed by atoms with Crippen LogP contribution in [0.3, 0.4) is 0 Å². The first-order chi connectivity index (χ1) is 7.58. The predicted molar refractivity (Wildman–Crippen MR) is 63.5 cm³/mol. The Morgan fingerprint density at radius 3 is 3.00 bits per heavy atom. The van der Waals surface area contributed by atoms with Gasteiger partial charge in [0.2, 0.25) is 0 Å². The van der Waals surface area contributed by atoms with Crippen LogP contribution in [0.5, 0.6) is 0 Å². The van der Waals surface area contributed by atoms with E-state index in [1.807, 2.05) is 36.7 Å². The second-order valence-corrected chi connectivity index (χ2v) is 4.01. The van der Waals surface area contributed by atoms with Crippen molar-refractivity contribution in [2.75, 3.05) is 0 Å². The van der Waals surface area contributed by atoms with Gasteiger partial charge in [0.25, 0.3) is 0 Å². The maximum atomic E-state index is 10.6. The van der Waals surface area contributed by atoms with Crippen molar-refractivity contribution in [3.8, 4) is 0 Å². The number of nitrogens with one attached hydrogen (secondary N) is 1. The Morgan fingerprint density at radius 1 is 1.56 bits per heavy atom. The lowest BCUT2D eigenvalue weighted by Crippen LogP contribution is -2.15. The zero-order valence-corrected chi connectivity index (χ0v) is 9.88. The molecular formula is C11H12ClN3O. The summed E-state index contributed by atoms with van der Waals surface area (Å²) < 4.78 is 2.03. The van der Waals surface area contributed by atoms with Crippen molar-refractivity contribution in [3.63, 3.8) is 0 Å². The lowest BCUT2D eigenvalue weighted by molar-refractivity contribution is 0.259. The van der Waals surface area contributed by atoms with E-state index in [0.717, 1.165) is 22.4 Å². The van der Waals surface area contributed by atoms with Crippen molar-refractivity contribution >= 4 is 28.0 Å². The quantitative estimate of drug-likeness (QED) is 0.644. The molecule has 0 spiro atoms. The van der Waals surface area contributed by atoms with Gasteiger partial charge in [-0.25, -0.2) is 4.98 Å². The lowest BCUT2D eigenvalue weighted by atomic mass is 10.2. The van der Waals surface area contributed by atoms with Gasteiger partial charge in [0, 0.05) is 13.6 Å². The summed E-state index contributed by atoms with van der Waals surface area (Å²) >= 11 is 5.21. The molecule has 1 aromatic carbocycles. The van der Waals surface area contributed by atoms with Crippen LogP contribution < -0.4 is 5.32 Å². The average molecular weight is 238 g/mol. The molecule has 0 fully saturated rings. The molecule has 2 rings (SSSR count). The van der Waals surface area contributed by atoms with Gasteiger partial charge in [-0.05, 0) is 36.2 Å². The number of aryl methyl sites for hydroxylation is 2. The summed E-state index contributed by atoms with van der Waals surface area (Å²) in [5.74, 6) is 0.966. The van der Waals surface area contributed by atoms with Gasteiger partial charge in [0.1, 0.15) is 5.82 Å². The first-order valence-electron chi connectivity index (χ1n) is 4.93. The number of carbonyl (C=O) groups is 1. The van der Waals surface area contributed by atoms with Crippen molar-refractivity contribution in [3.05, 3.63) is 29.6 Å². The van der Waals surface area contributed by atoms with E-state index in [2.05, 4.69) is 10.3 Å². The van der Waals surface area contributed by atoms with Crippen molar-refractivity contribution in [1.29, 1.82) is 0 Å². The van der Waals surface area contributed by atoms with Gasteiger partial charge >= 0.3 is 5.37 Å². The molecule has 1 amide bonds. The molecule has 84 valence electrons. The number of rotatable bonds is 2. The van der Waals surface area contributed by atoms with E-state index >= 15 is 0 Å². The number of nitrogens with zero attached hydrogens (tertiary/aromatic N) is 2. The molecule has 0 saturated carbocycles. The summed E-state index contributed by atoms with van der Waals surface area (Å²) in [6.07, 6.45) is 0. The Kier molecular flexibility index (Phi) is 2.83. The number of fused-ring (bicyclic) bond motifs is 1. The minimum absolute atomic E-state index is 0.424. The normalized spacial score (nSPS) is 10.7. The Bertz CT molecular complexity index is 547. The number of carbonyl (C=O) groups excluding carboxylic acids is 1. The van der Waals surface area contributed by atoms with E-state index in [9.17, 15) is 4.79 Å². The molecule has 0 saturated heterocycles. The Labute approximate surface area is 98.2 Å². The molecule has 1 aromatic heterocycles. The summed E-state index contributed by atoms with van der Waals surface area (Å²) in [4.78, 5) is 15.0. The van der Waals surface area contributed by atoms with Crippen LogP contribution in [0.4, 0.5) is 4.79 Å². The monoisotopic (exact) mass is 237 g/mol. The number of hydrogen-bond acceptors (Lipinski definition) is 2. The van der Waals surface area contributed by atoms with E-state index in [4.69, 9.17) is 11.6 Å². The Morgan fingerprint density at radius 2 is 2.31 bits per heavy atom. The van der Waals surface area contributed by atoms with Crippen LogP contribution in [0.1, 0.15) is 11.4 Å². The molecule has 2 aromatic rings. The number of benzene rings is 1. The molecule has 5 heteroatoms. The van der Waals surface area contributed by atoms with Crippen LogP contribution in [-0.2, 0) is 13.6 Å². The maximum Gasteiger partial charge on any atom is 0.314 e. The minimum Gasteiger partial charge on any atom is -0.339 e. The SMILES string of the molecule is Cc1nc2cc(CNC(=O)Cl)ccc2n1C. The Hall–Kier alpha value is -1.55. The summed E-state index contributed by atoms with van der Waals surface area (Å²) in [5.41, 5.74) is 3.00.